The van der Waals surface area contributed by atoms with Crippen LogP contribution in [0.2, 0.25) is 0 Å². The minimum absolute atomic E-state index is 0.120. The van der Waals surface area contributed by atoms with Crippen LogP contribution in [0.3, 0.4) is 0 Å². The van der Waals surface area contributed by atoms with Gasteiger partial charge < -0.3 is 24.1 Å². The number of halogens is 1. The van der Waals surface area contributed by atoms with E-state index in [9.17, 15) is 14.0 Å². The van der Waals surface area contributed by atoms with E-state index in [0.29, 0.717) is 25.4 Å². The smallest absolute Gasteiger partial charge is 0.287 e. The number of morpholine rings is 1. The second-order valence-corrected chi connectivity index (χ2v) is 5.76. The molecule has 1 fully saturated rings. The minimum atomic E-state index is -0.437. The third kappa shape index (κ3) is 4.82. The fourth-order valence-corrected chi connectivity index (χ4v) is 2.53. The summed E-state index contributed by atoms with van der Waals surface area (Å²) in [5, 5.41) is 2.53. The van der Waals surface area contributed by atoms with Crippen LogP contribution < -0.4 is 10.1 Å². The quantitative estimate of drug-likeness (QED) is 0.841. The lowest BCUT2D eigenvalue weighted by Crippen LogP contribution is -2.50. The molecule has 1 aromatic carbocycles. The normalized spacial score (nSPS) is 17.0. The number of amides is 2. The number of nitrogens with zero attached hydrogens (tertiary/aromatic N) is 1. The van der Waals surface area contributed by atoms with Crippen LogP contribution in [0.4, 0.5) is 4.39 Å². The number of furan rings is 1. The maximum absolute atomic E-state index is 12.9. The van der Waals surface area contributed by atoms with E-state index in [0.717, 1.165) is 0 Å². The first-order chi connectivity index (χ1) is 12.6. The summed E-state index contributed by atoms with van der Waals surface area (Å²) in [7, 11) is 0. The van der Waals surface area contributed by atoms with E-state index >= 15 is 0 Å². The van der Waals surface area contributed by atoms with Gasteiger partial charge >= 0.3 is 0 Å². The summed E-state index contributed by atoms with van der Waals surface area (Å²) in [5.74, 6) is -0.290. The monoisotopic (exact) mass is 362 g/mol. The van der Waals surface area contributed by atoms with E-state index in [1.165, 1.54) is 36.6 Å². The molecule has 7 nitrogen and oxygen atoms in total. The zero-order valence-corrected chi connectivity index (χ0v) is 14.0. The van der Waals surface area contributed by atoms with Gasteiger partial charge in [-0.05, 0) is 36.4 Å². The third-order valence-electron chi connectivity index (χ3n) is 3.89. The number of carbonyl (C=O) groups is 2. The van der Waals surface area contributed by atoms with Gasteiger partial charge in [0.1, 0.15) is 24.3 Å². The molecule has 0 radical (unpaired) electrons. The summed E-state index contributed by atoms with van der Waals surface area (Å²) in [6, 6.07) is 8.82. The first-order valence-electron chi connectivity index (χ1n) is 8.21. The van der Waals surface area contributed by atoms with E-state index < -0.39 is 5.91 Å². The second kappa shape index (κ2) is 8.48. The Balaban J connectivity index is 1.44. The molecule has 0 bridgehead atoms. The van der Waals surface area contributed by atoms with Crippen molar-refractivity contribution in [1.29, 1.82) is 0 Å². The lowest BCUT2D eigenvalue weighted by Gasteiger charge is -2.32. The number of hydrogen-bond donors (Lipinski definition) is 1. The summed E-state index contributed by atoms with van der Waals surface area (Å²) in [4.78, 5) is 25.7. The summed E-state index contributed by atoms with van der Waals surface area (Å²) >= 11 is 0. The Bertz CT molecular complexity index is 733. The van der Waals surface area contributed by atoms with Crippen LogP contribution in [-0.2, 0) is 9.53 Å². The van der Waals surface area contributed by atoms with Crippen molar-refractivity contribution < 1.29 is 27.9 Å². The van der Waals surface area contributed by atoms with Crippen LogP contribution in [0.1, 0.15) is 10.6 Å². The highest BCUT2D eigenvalue weighted by Gasteiger charge is 2.25. The number of hydrogen-bond acceptors (Lipinski definition) is 5. The van der Waals surface area contributed by atoms with Crippen LogP contribution in [0.15, 0.2) is 47.1 Å². The minimum Gasteiger partial charge on any atom is -0.491 e. The van der Waals surface area contributed by atoms with Crippen LogP contribution >= 0.6 is 0 Å². The molecule has 1 aromatic heterocycles. The van der Waals surface area contributed by atoms with Gasteiger partial charge in [0.25, 0.3) is 5.91 Å². The van der Waals surface area contributed by atoms with Gasteiger partial charge in [-0.3, -0.25) is 9.59 Å². The van der Waals surface area contributed by atoms with E-state index in [2.05, 4.69) is 5.32 Å². The number of rotatable bonds is 6. The number of nitrogens with one attached hydrogen (secondary N) is 1. The van der Waals surface area contributed by atoms with Crippen molar-refractivity contribution in [3.63, 3.8) is 0 Å². The summed E-state index contributed by atoms with van der Waals surface area (Å²) in [5.41, 5.74) is 0. The molecule has 1 saturated heterocycles. The molecule has 8 heteroatoms. The van der Waals surface area contributed by atoms with E-state index in [4.69, 9.17) is 13.9 Å². The topological polar surface area (TPSA) is 81.0 Å². The highest BCUT2D eigenvalue weighted by molar-refractivity contribution is 5.94. The van der Waals surface area contributed by atoms with Crippen LogP contribution in [0, 0.1) is 5.82 Å². The Morgan fingerprint density at radius 1 is 1.27 bits per heavy atom. The molecular formula is C18H19FN2O5. The largest absolute Gasteiger partial charge is 0.491 e. The maximum atomic E-state index is 12.9. The molecule has 2 heterocycles. The van der Waals surface area contributed by atoms with E-state index in [1.54, 1.807) is 11.0 Å². The fraction of sp³-hybridized carbons (Fsp3) is 0.333. The first-order valence-corrected chi connectivity index (χ1v) is 8.21. The number of carbonyl (C=O) groups excluding carboxylic acids is 2. The zero-order valence-electron chi connectivity index (χ0n) is 14.0. The summed E-state index contributed by atoms with van der Waals surface area (Å²) in [6.07, 6.45) is 1.10. The highest BCUT2D eigenvalue weighted by Crippen LogP contribution is 2.13. The van der Waals surface area contributed by atoms with E-state index in [1.807, 2.05) is 0 Å². The SMILES string of the molecule is O=C(NCC(=O)N1CCOC(COc2ccc(F)cc2)C1)c1ccco1. The van der Waals surface area contributed by atoms with Crippen molar-refractivity contribution in [3.8, 4) is 5.75 Å². The average Bonchev–Trinajstić information content (AvgIpc) is 3.20. The molecule has 1 atom stereocenters. The molecule has 2 amide bonds. The molecule has 0 saturated carbocycles. The highest BCUT2D eigenvalue weighted by atomic mass is 19.1. The van der Waals surface area contributed by atoms with Crippen LogP contribution in [0.25, 0.3) is 0 Å². The molecular weight excluding hydrogens is 343 g/mol. The molecule has 1 N–H and O–H groups in total. The van der Waals surface area contributed by atoms with Crippen LogP contribution in [0.5, 0.6) is 5.75 Å². The Hall–Kier alpha value is -2.87. The van der Waals surface area contributed by atoms with Crippen molar-refractivity contribution in [2.75, 3.05) is 32.8 Å². The van der Waals surface area contributed by atoms with Crippen molar-refractivity contribution in [3.05, 3.63) is 54.2 Å². The Morgan fingerprint density at radius 3 is 2.81 bits per heavy atom. The van der Waals surface area contributed by atoms with Gasteiger partial charge in [0.15, 0.2) is 5.76 Å². The molecule has 3 rings (SSSR count). The Kier molecular flexibility index (Phi) is 5.85. The van der Waals surface area contributed by atoms with Gasteiger partial charge in [0, 0.05) is 6.54 Å². The van der Waals surface area contributed by atoms with Gasteiger partial charge in [-0.25, -0.2) is 4.39 Å². The Morgan fingerprint density at radius 2 is 2.08 bits per heavy atom. The van der Waals surface area contributed by atoms with Crippen molar-refractivity contribution >= 4 is 11.8 Å². The maximum Gasteiger partial charge on any atom is 0.287 e. The standard InChI is InChI=1S/C18H19FN2O5/c19-13-3-5-14(6-4-13)26-12-15-11-21(7-9-24-15)17(22)10-20-18(23)16-2-1-8-25-16/h1-6,8,15H,7,9-12H2,(H,20,23). The van der Waals surface area contributed by atoms with Crippen molar-refractivity contribution in [1.82, 2.24) is 10.2 Å². The van der Waals surface area contributed by atoms with Crippen molar-refractivity contribution in [2.24, 2.45) is 0 Å². The lowest BCUT2D eigenvalue weighted by molar-refractivity contribution is -0.138. The van der Waals surface area contributed by atoms with Gasteiger partial charge in [-0.2, -0.15) is 0 Å². The molecule has 26 heavy (non-hydrogen) atoms. The second-order valence-electron chi connectivity index (χ2n) is 5.76. The average molecular weight is 362 g/mol. The fourth-order valence-electron chi connectivity index (χ4n) is 2.53. The molecule has 138 valence electrons. The first kappa shape index (κ1) is 17.9. The molecule has 0 spiro atoms. The molecule has 1 unspecified atom stereocenters. The predicted octanol–water partition coefficient (Wildman–Crippen LogP) is 1.45. The van der Waals surface area contributed by atoms with Crippen molar-refractivity contribution in [2.45, 2.75) is 6.10 Å². The van der Waals surface area contributed by atoms with E-state index in [-0.39, 0.29) is 36.7 Å². The van der Waals surface area contributed by atoms with Gasteiger partial charge in [0.2, 0.25) is 5.91 Å². The predicted molar refractivity (Wildman–Crippen MR) is 89.3 cm³/mol. The zero-order chi connectivity index (χ0) is 18.4. The summed E-state index contributed by atoms with van der Waals surface area (Å²) < 4.78 is 29.0. The van der Waals surface area contributed by atoms with Gasteiger partial charge in [-0.1, -0.05) is 0 Å². The molecule has 1 aliphatic heterocycles. The molecule has 0 aliphatic carbocycles. The third-order valence-corrected chi connectivity index (χ3v) is 3.89. The lowest BCUT2D eigenvalue weighted by atomic mass is 10.2. The van der Waals surface area contributed by atoms with Crippen LogP contribution in [-0.4, -0.2) is 55.7 Å². The summed E-state index contributed by atoms with van der Waals surface area (Å²) in [6.45, 7) is 1.31. The molecule has 1 aliphatic rings. The molecule has 2 aromatic rings. The number of benzene rings is 1. The Labute approximate surface area is 149 Å². The van der Waals surface area contributed by atoms with Gasteiger partial charge in [-0.15, -0.1) is 0 Å². The number of ether oxygens (including phenoxy) is 2. The van der Waals surface area contributed by atoms with Gasteiger partial charge in [0.05, 0.1) is 26.0 Å².